The molecule has 7 nitrogen and oxygen atoms in total. The van der Waals surface area contributed by atoms with E-state index in [0.29, 0.717) is 0 Å². The fourth-order valence-corrected chi connectivity index (χ4v) is 1.94. The number of carbonyl (C=O) groups is 2. The number of hydrogen-bond donors (Lipinski definition) is 2. The summed E-state index contributed by atoms with van der Waals surface area (Å²) in [5.41, 5.74) is 5.68. The van der Waals surface area contributed by atoms with Gasteiger partial charge in [0.05, 0.1) is 5.41 Å². The van der Waals surface area contributed by atoms with Crippen molar-refractivity contribution in [2.75, 3.05) is 0 Å². The second-order valence-electron chi connectivity index (χ2n) is 7.35. The molecule has 1 aromatic heterocycles. The molecule has 1 aromatic carbocycles. The molecule has 0 saturated heterocycles. The van der Waals surface area contributed by atoms with Crippen LogP contribution >= 0.6 is 0 Å². The van der Waals surface area contributed by atoms with Crippen LogP contribution in [-0.4, -0.2) is 33.7 Å². The van der Waals surface area contributed by atoms with E-state index in [1.807, 2.05) is 24.3 Å². The Labute approximate surface area is 147 Å². The summed E-state index contributed by atoms with van der Waals surface area (Å²) in [6.45, 7) is 8.54. The Kier molecular flexibility index (Phi) is 6.70. The monoisotopic (exact) mass is 350 g/mol. The van der Waals surface area contributed by atoms with E-state index in [1.54, 1.807) is 34.6 Å². The Hall–Kier alpha value is -2.41. The number of benzene rings is 1. The fourth-order valence-electron chi connectivity index (χ4n) is 1.94. The molecule has 0 aliphatic carbocycles. The van der Waals surface area contributed by atoms with Gasteiger partial charge >= 0.3 is 11.9 Å². The summed E-state index contributed by atoms with van der Waals surface area (Å²) in [5, 5.41) is 8.68. The van der Waals surface area contributed by atoms with Gasteiger partial charge in [-0.2, -0.15) is 0 Å². The number of hydrogen-bond acceptors (Lipinski definition) is 6. The van der Waals surface area contributed by atoms with Crippen LogP contribution in [0, 0.1) is 5.41 Å². The highest BCUT2D eigenvalue weighted by molar-refractivity contribution is 5.79. The quantitative estimate of drug-likeness (QED) is 0.814. The first-order chi connectivity index (χ1) is 11.4. The average molecular weight is 350 g/mol. The molecule has 0 spiro atoms. The topological polar surface area (TPSA) is 116 Å². The van der Waals surface area contributed by atoms with Crippen LogP contribution in [0.4, 0.5) is 0 Å². The maximum absolute atomic E-state index is 11.8. The van der Waals surface area contributed by atoms with Crippen molar-refractivity contribution in [2.45, 2.75) is 52.7 Å². The maximum atomic E-state index is 11.8. The predicted octanol–water partition coefficient (Wildman–Crippen LogP) is 2.98. The molecule has 25 heavy (non-hydrogen) atoms. The lowest BCUT2D eigenvalue weighted by molar-refractivity contribution is -0.166. The number of carbonyl (C=O) groups excluding carboxylic acids is 1. The fraction of sp³-hybridized carbons (Fsp3) is 0.500. The lowest BCUT2D eigenvalue weighted by atomic mass is 9.86. The van der Waals surface area contributed by atoms with E-state index < -0.39 is 29.0 Å². The lowest BCUT2D eigenvalue weighted by Crippen LogP contribution is -2.41. The van der Waals surface area contributed by atoms with Crippen molar-refractivity contribution in [3.05, 3.63) is 30.7 Å². The van der Waals surface area contributed by atoms with E-state index in [9.17, 15) is 9.59 Å². The van der Waals surface area contributed by atoms with Crippen LogP contribution in [0.15, 0.2) is 35.1 Å². The van der Waals surface area contributed by atoms with Gasteiger partial charge in [0.2, 0.25) is 0 Å². The van der Waals surface area contributed by atoms with Gasteiger partial charge in [-0.1, -0.05) is 12.1 Å². The number of fused-ring (bicyclic) bond motifs is 1. The predicted molar refractivity (Wildman–Crippen MR) is 93.9 cm³/mol. The first-order valence-electron chi connectivity index (χ1n) is 7.92. The highest BCUT2D eigenvalue weighted by Gasteiger charge is 2.35. The van der Waals surface area contributed by atoms with Crippen LogP contribution in [0.5, 0.6) is 0 Å². The van der Waals surface area contributed by atoms with Crippen LogP contribution in [0.25, 0.3) is 11.1 Å². The van der Waals surface area contributed by atoms with Crippen molar-refractivity contribution in [3.8, 4) is 0 Å². The number of esters is 1. The zero-order valence-electron chi connectivity index (χ0n) is 15.3. The number of aromatic nitrogens is 1. The zero-order valence-corrected chi connectivity index (χ0v) is 15.3. The van der Waals surface area contributed by atoms with Gasteiger partial charge in [-0.3, -0.25) is 9.59 Å². The first kappa shape index (κ1) is 20.6. The number of carboxylic acid groups (broad SMARTS) is 1. The SMILES string of the molecule is CC(C)(C)OC(=O)C(C)(C)C[C@H](N)C(=O)O.c1ccc2ocnc2c1. The van der Waals surface area contributed by atoms with Gasteiger partial charge in [0.15, 0.2) is 12.0 Å². The molecule has 0 bridgehead atoms. The third-order valence-corrected chi connectivity index (χ3v) is 3.24. The summed E-state index contributed by atoms with van der Waals surface area (Å²) in [4.78, 5) is 26.3. The number of rotatable bonds is 4. The Balaban J connectivity index is 0.000000286. The Morgan fingerprint density at radius 2 is 1.84 bits per heavy atom. The molecule has 0 saturated carbocycles. The molecule has 1 heterocycles. The van der Waals surface area contributed by atoms with Crippen molar-refractivity contribution in [1.29, 1.82) is 0 Å². The summed E-state index contributed by atoms with van der Waals surface area (Å²) in [5.74, 6) is -1.55. The molecular formula is C18H26N2O5. The molecule has 2 aromatic rings. The van der Waals surface area contributed by atoms with E-state index in [-0.39, 0.29) is 6.42 Å². The normalized spacial score (nSPS) is 12.9. The molecule has 0 radical (unpaired) electrons. The molecule has 7 heteroatoms. The van der Waals surface area contributed by atoms with Crippen molar-refractivity contribution >= 4 is 23.0 Å². The van der Waals surface area contributed by atoms with Crippen LogP contribution in [0.3, 0.4) is 0 Å². The van der Waals surface area contributed by atoms with Gasteiger partial charge in [0.1, 0.15) is 17.2 Å². The summed E-state index contributed by atoms with van der Waals surface area (Å²) >= 11 is 0. The molecule has 1 atom stereocenters. The van der Waals surface area contributed by atoms with Crippen LogP contribution < -0.4 is 5.73 Å². The molecule has 0 amide bonds. The molecule has 0 aliphatic rings. The highest BCUT2D eigenvalue weighted by Crippen LogP contribution is 2.26. The number of ether oxygens (including phenoxy) is 1. The number of nitrogens with two attached hydrogens (primary N) is 1. The summed E-state index contributed by atoms with van der Waals surface area (Å²) in [6.07, 6.45) is 1.50. The van der Waals surface area contributed by atoms with Gasteiger partial charge in [-0.25, -0.2) is 4.98 Å². The molecule has 0 unspecified atom stereocenters. The van der Waals surface area contributed by atoms with Crippen LogP contribution in [0.2, 0.25) is 0 Å². The number of para-hydroxylation sites is 2. The second-order valence-corrected chi connectivity index (χ2v) is 7.35. The summed E-state index contributed by atoms with van der Waals surface area (Å²) < 4.78 is 10.2. The van der Waals surface area contributed by atoms with Gasteiger partial charge < -0.3 is 20.0 Å². The lowest BCUT2D eigenvalue weighted by Gasteiger charge is -2.29. The zero-order chi connectivity index (χ0) is 19.3. The van der Waals surface area contributed by atoms with Gasteiger partial charge in [0.25, 0.3) is 0 Å². The second kappa shape index (κ2) is 8.11. The first-order valence-corrected chi connectivity index (χ1v) is 7.92. The molecule has 2 rings (SSSR count). The minimum Gasteiger partial charge on any atom is -0.480 e. The molecule has 138 valence electrons. The number of oxazole rings is 1. The van der Waals surface area contributed by atoms with Crippen LogP contribution in [-0.2, 0) is 14.3 Å². The standard InChI is InChI=1S/C11H21NO4.C7H5NO/c1-10(2,3)16-9(15)11(4,5)6-7(12)8(13)14;1-2-4-7-6(3-1)8-5-9-7/h7H,6,12H2,1-5H3,(H,13,14);1-5H/t7-;/m0./s1. The van der Waals surface area contributed by atoms with Gasteiger partial charge in [-0.05, 0) is 53.2 Å². The minimum absolute atomic E-state index is 0.0528. The summed E-state index contributed by atoms with van der Waals surface area (Å²) in [7, 11) is 0. The smallest absolute Gasteiger partial charge is 0.320 e. The van der Waals surface area contributed by atoms with E-state index in [0.717, 1.165) is 11.1 Å². The van der Waals surface area contributed by atoms with Crippen molar-refractivity contribution in [1.82, 2.24) is 4.98 Å². The van der Waals surface area contributed by atoms with Crippen LogP contribution in [0.1, 0.15) is 41.0 Å². The number of nitrogens with zero attached hydrogens (tertiary/aromatic N) is 1. The van der Waals surface area contributed by atoms with E-state index in [1.165, 1.54) is 6.39 Å². The minimum atomic E-state index is -1.11. The molecule has 3 N–H and O–H groups in total. The Morgan fingerprint density at radius 1 is 1.24 bits per heavy atom. The molecule has 0 fully saturated rings. The van der Waals surface area contributed by atoms with Crippen molar-refractivity contribution in [2.24, 2.45) is 11.1 Å². The van der Waals surface area contributed by atoms with Crippen molar-refractivity contribution < 1.29 is 23.8 Å². The number of carboxylic acids is 1. The molecular weight excluding hydrogens is 324 g/mol. The maximum Gasteiger partial charge on any atom is 0.320 e. The highest BCUT2D eigenvalue weighted by atomic mass is 16.6. The Morgan fingerprint density at radius 3 is 2.36 bits per heavy atom. The Bertz CT molecular complexity index is 685. The van der Waals surface area contributed by atoms with Gasteiger partial charge in [0, 0.05) is 0 Å². The summed E-state index contributed by atoms with van der Waals surface area (Å²) in [6, 6.07) is 6.61. The third kappa shape index (κ3) is 6.93. The third-order valence-electron chi connectivity index (χ3n) is 3.24. The molecule has 0 aliphatic heterocycles. The average Bonchev–Trinajstić information content (AvgIpc) is 2.94. The number of aliphatic carboxylic acids is 1. The van der Waals surface area contributed by atoms with Gasteiger partial charge in [-0.15, -0.1) is 0 Å². The van der Waals surface area contributed by atoms with E-state index in [2.05, 4.69) is 4.98 Å². The largest absolute Gasteiger partial charge is 0.480 e. The van der Waals surface area contributed by atoms with E-state index in [4.69, 9.17) is 20.0 Å². The van der Waals surface area contributed by atoms with Crippen molar-refractivity contribution in [3.63, 3.8) is 0 Å². The van der Waals surface area contributed by atoms with E-state index >= 15 is 0 Å².